The number of nitrogens with two attached hydrogens (primary N) is 1. The molecule has 0 aliphatic carbocycles. The molecule has 0 bridgehead atoms. The highest BCUT2D eigenvalue weighted by Gasteiger charge is 2.25. The molecule has 1 unspecified atom stereocenters. The van der Waals surface area contributed by atoms with Crippen molar-refractivity contribution in [2.45, 2.75) is 58.4 Å². The van der Waals surface area contributed by atoms with E-state index in [1.807, 2.05) is 0 Å². The van der Waals surface area contributed by atoms with Crippen LogP contribution in [0, 0.1) is 0 Å². The highest BCUT2D eigenvalue weighted by atomic mass is 15.2. The zero-order valence-corrected chi connectivity index (χ0v) is 12.5. The van der Waals surface area contributed by atoms with Gasteiger partial charge in [0.05, 0.1) is 0 Å². The fourth-order valence-corrected chi connectivity index (χ4v) is 3.06. The van der Waals surface area contributed by atoms with Crippen LogP contribution in [0.1, 0.15) is 52.4 Å². The molecule has 0 saturated carbocycles. The summed E-state index contributed by atoms with van der Waals surface area (Å²) in [5, 5.41) is 0. The van der Waals surface area contributed by atoms with Crippen LogP contribution >= 0.6 is 0 Å². The van der Waals surface area contributed by atoms with Gasteiger partial charge in [0, 0.05) is 12.6 Å². The minimum absolute atomic E-state index is 0.817. The summed E-state index contributed by atoms with van der Waals surface area (Å²) in [6.45, 7) is 11.7. The summed E-state index contributed by atoms with van der Waals surface area (Å²) in [6.07, 6.45) is 8.01. The van der Waals surface area contributed by atoms with Crippen LogP contribution < -0.4 is 5.73 Å². The number of hydrogen-bond acceptors (Lipinski definition) is 3. The predicted octanol–water partition coefficient (Wildman–Crippen LogP) is 2.31. The maximum Gasteiger partial charge on any atom is 0.0235 e. The monoisotopic (exact) mass is 255 g/mol. The van der Waals surface area contributed by atoms with E-state index < -0.39 is 0 Å². The maximum atomic E-state index is 5.50. The van der Waals surface area contributed by atoms with Crippen LogP contribution in [0.15, 0.2) is 0 Å². The fourth-order valence-electron chi connectivity index (χ4n) is 3.06. The molecule has 3 nitrogen and oxygen atoms in total. The fraction of sp³-hybridized carbons (Fsp3) is 1.00. The number of likely N-dealkylation sites (tertiary alicyclic amines) is 1. The highest BCUT2D eigenvalue weighted by molar-refractivity contribution is 4.82. The number of nitrogens with zero attached hydrogens (tertiary/aromatic N) is 2. The molecular formula is C15H33N3. The van der Waals surface area contributed by atoms with Crippen LogP contribution in [0.5, 0.6) is 0 Å². The Kier molecular flexibility index (Phi) is 8.64. The Morgan fingerprint density at radius 3 is 2.39 bits per heavy atom. The van der Waals surface area contributed by atoms with E-state index in [0.717, 1.165) is 12.6 Å². The van der Waals surface area contributed by atoms with Crippen LogP contribution in [0.4, 0.5) is 0 Å². The smallest absolute Gasteiger partial charge is 0.0235 e. The molecule has 0 aromatic heterocycles. The second-order valence-electron chi connectivity index (χ2n) is 5.52. The first-order chi connectivity index (χ1) is 8.81. The van der Waals surface area contributed by atoms with Crippen molar-refractivity contribution in [3.05, 3.63) is 0 Å². The van der Waals surface area contributed by atoms with Crippen molar-refractivity contribution in [3.8, 4) is 0 Å². The largest absolute Gasteiger partial charge is 0.330 e. The molecule has 1 aliphatic heterocycles. The average molecular weight is 255 g/mol. The minimum Gasteiger partial charge on any atom is -0.330 e. The van der Waals surface area contributed by atoms with Crippen LogP contribution in [0.2, 0.25) is 0 Å². The summed E-state index contributed by atoms with van der Waals surface area (Å²) in [5.41, 5.74) is 5.50. The van der Waals surface area contributed by atoms with Crippen molar-refractivity contribution in [3.63, 3.8) is 0 Å². The van der Waals surface area contributed by atoms with E-state index >= 15 is 0 Å². The van der Waals surface area contributed by atoms with Crippen molar-refractivity contribution in [1.29, 1.82) is 0 Å². The van der Waals surface area contributed by atoms with Gasteiger partial charge in [-0.15, -0.1) is 0 Å². The number of rotatable bonds is 10. The van der Waals surface area contributed by atoms with E-state index in [-0.39, 0.29) is 0 Å². The van der Waals surface area contributed by atoms with Gasteiger partial charge in [-0.3, -0.25) is 4.90 Å². The van der Waals surface area contributed by atoms with Crippen molar-refractivity contribution in [1.82, 2.24) is 9.80 Å². The van der Waals surface area contributed by atoms with E-state index in [9.17, 15) is 0 Å². The molecule has 0 amide bonds. The second kappa shape index (κ2) is 9.76. The summed E-state index contributed by atoms with van der Waals surface area (Å²) in [4.78, 5) is 5.27. The Morgan fingerprint density at radius 1 is 1.06 bits per heavy atom. The topological polar surface area (TPSA) is 32.5 Å². The molecule has 0 spiro atoms. The maximum absolute atomic E-state index is 5.50. The van der Waals surface area contributed by atoms with Gasteiger partial charge in [-0.05, 0) is 52.0 Å². The molecule has 0 radical (unpaired) electrons. The zero-order valence-electron chi connectivity index (χ0n) is 12.5. The molecule has 108 valence electrons. The lowest BCUT2D eigenvalue weighted by Gasteiger charge is -2.26. The standard InChI is InChI=1S/C15H33N3/c1-3-18(4-2)15-10-13-17(14-15)12-9-7-5-6-8-11-16/h15H,3-14,16H2,1-2H3. The first kappa shape index (κ1) is 15.9. The molecule has 1 saturated heterocycles. The van der Waals surface area contributed by atoms with Crippen molar-refractivity contribution in [2.75, 3.05) is 39.3 Å². The van der Waals surface area contributed by atoms with Gasteiger partial charge >= 0.3 is 0 Å². The summed E-state index contributed by atoms with van der Waals surface area (Å²) in [5.74, 6) is 0. The first-order valence-corrected chi connectivity index (χ1v) is 7.98. The van der Waals surface area contributed by atoms with Crippen LogP contribution in [0.3, 0.4) is 0 Å². The van der Waals surface area contributed by atoms with E-state index in [2.05, 4.69) is 23.6 Å². The second-order valence-corrected chi connectivity index (χ2v) is 5.52. The molecule has 1 aliphatic rings. The number of hydrogen-bond donors (Lipinski definition) is 1. The third-order valence-corrected chi connectivity index (χ3v) is 4.25. The Balaban J connectivity index is 2.04. The Hall–Kier alpha value is -0.120. The Labute approximate surface area is 114 Å². The Bertz CT molecular complexity index is 192. The van der Waals surface area contributed by atoms with Crippen molar-refractivity contribution in [2.24, 2.45) is 5.73 Å². The van der Waals surface area contributed by atoms with Crippen LogP contribution in [-0.4, -0.2) is 55.1 Å². The highest BCUT2D eigenvalue weighted by Crippen LogP contribution is 2.16. The molecule has 1 fully saturated rings. The zero-order chi connectivity index (χ0) is 13.2. The molecule has 18 heavy (non-hydrogen) atoms. The molecule has 1 atom stereocenters. The van der Waals surface area contributed by atoms with Gasteiger partial charge in [0.2, 0.25) is 0 Å². The van der Waals surface area contributed by atoms with E-state index in [0.29, 0.717) is 0 Å². The molecule has 0 aromatic rings. The number of unbranched alkanes of at least 4 members (excludes halogenated alkanes) is 4. The average Bonchev–Trinajstić information content (AvgIpc) is 2.84. The van der Waals surface area contributed by atoms with Gasteiger partial charge in [-0.25, -0.2) is 0 Å². The van der Waals surface area contributed by atoms with Gasteiger partial charge in [0.1, 0.15) is 0 Å². The molecular weight excluding hydrogens is 222 g/mol. The van der Waals surface area contributed by atoms with Gasteiger partial charge in [-0.1, -0.05) is 33.1 Å². The Morgan fingerprint density at radius 2 is 1.72 bits per heavy atom. The minimum atomic E-state index is 0.817. The predicted molar refractivity (Wildman–Crippen MR) is 79.9 cm³/mol. The van der Waals surface area contributed by atoms with Crippen LogP contribution in [-0.2, 0) is 0 Å². The van der Waals surface area contributed by atoms with Gasteiger partial charge in [-0.2, -0.15) is 0 Å². The summed E-state index contributed by atoms with van der Waals surface area (Å²) in [7, 11) is 0. The van der Waals surface area contributed by atoms with E-state index in [1.54, 1.807) is 0 Å². The quantitative estimate of drug-likeness (QED) is 0.608. The molecule has 3 heteroatoms. The lowest BCUT2D eigenvalue weighted by molar-refractivity contribution is 0.210. The SMILES string of the molecule is CCN(CC)C1CCN(CCCCCCCN)C1. The van der Waals surface area contributed by atoms with E-state index in [1.165, 1.54) is 71.2 Å². The van der Waals surface area contributed by atoms with Crippen molar-refractivity contribution < 1.29 is 0 Å². The van der Waals surface area contributed by atoms with Crippen molar-refractivity contribution >= 4 is 0 Å². The molecule has 1 rings (SSSR count). The molecule has 1 heterocycles. The summed E-state index contributed by atoms with van der Waals surface area (Å²) < 4.78 is 0. The number of likely N-dealkylation sites (N-methyl/N-ethyl adjacent to an activating group) is 1. The van der Waals surface area contributed by atoms with Gasteiger partial charge < -0.3 is 10.6 Å². The summed E-state index contributed by atoms with van der Waals surface area (Å²) >= 11 is 0. The lowest BCUT2D eigenvalue weighted by atomic mass is 10.1. The van der Waals surface area contributed by atoms with E-state index in [4.69, 9.17) is 5.73 Å². The van der Waals surface area contributed by atoms with Gasteiger partial charge in [0.25, 0.3) is 0 Å². The summed E-state index contributed by atoms with van der Waals surface area (Å²) in [6, 6.07) is 0.817. The lowest BCUT2D eigenvalue weighted by Crippen LogP contribution is -2.37. The molecule has 2 N–H and O–H groups in total. The first-order valence-electron chi connectivity index (χ1n) is 7.98. The third kappa shape index (κ3) is 5.68. The van der Waals surface area contributed by atoms with Crippen LogP contribution in [0.25, 0.3) is 0 Å². The third-order valence-electron chi connectivity index (χ3n) is 4.25. The normalized spacial score (nSPS) is 21.0. The van der Waals surface area contributed by atoms with Gasteiger partial charge in [0.15, 0.2) is 0 Å². The molecule has 0 aromatic carbocycles.